The van der Waals surface area contributed by atoms with Crippen LogP contribution >= 0.6 is 23.5 Å². The Kier molecular flexibility index (Phi) is 5.16. The number of hydrogen-bond acceptors (Lipinski definition) is 6. The Balaban J connectivity index is 1.56. The van der Waals surface area contributed by atoms with Crippen molar-refractivity contribution in [2.75, 3.05) is 25.6 Å². The van der Waals surface area contributed by atoms with Crippen LogP contribution < -0.4 is 9.64 Å². The molecule has 0 N–H and O–H groups in total. The highest BCUT2D eigenvalue weighted by Crippen LogP contribution is 2.51. The average molecular weight is 448 g/mol. The van der Waals surface area contributed by atoms with E-state index >= 15 is 0 Å². The van der Waals surface area contributed by atoms with Crippen LogP contribution in [0.2, 0.25) is 0 Å². The SMILES string of the molecule is CCN1C(=O)/C(=C2\Sc3ccc(OC)cc3N2C)SC1=Nc1cccc2ccccc12. The maximum atomic E-state index is 13.3. The Morgan fingerprint density at radius 3 is 2.65 bits per heavy atom. The summed E-state index contributed by atoms with van der Waals surface area (Å²) < 4.78 is 5.37. The molecule has 0 unspecified atom stereocenters. The van der Waals surface area contributed by atoms with Gasteiger partial charge in [-0.25, -0.2) is 4.99 Å². The minimum absolute atomic E-state index is 0.000563. The second-order valence-corrected chi connectivity index (χ2v) is 9.18. The van der Waals surface area contributed by atoms with Crippen LogP contribution in [0, 0.1) is 0 Å². The number of likely N-dealkylation sites (N-methyl/N-ethyl adjacent to an activating group) is 1. The Bertz CT molecular complexity index is 1260. The highest BCUT2D eigenvalue weighted by Gasteiger charge is 2.38. The van der Waals surface area contributed by atoms with Crippen molar-refractivity contribution in [1.29, 1.82) is 0 Å². The van der Waals surface area contributed by atoms with Gasteiger partial charge in [0.25, 0.3) is 5.91 Å². The Morgan fingerprint density at radius 2 is 1.84 bits per heavy atom. The number of amides is 1. The molecule has 3 aromatic rings. The van der Waals surface area contributed by atoms with Gasteiger partial charge >= 0.3 is 0 Å². The lowest BCUT2D eigenvalue weighted by Crippen LogP contribution is -2.29. The highest BCUT2D eigenvalue weighted by atomic mass is 32.2. The molecule has 3 aromatic carbocycles. The second-order valence-electron chi connectivity index (χ2n) is 7.17. The van der Waals surface area contributed by atoms with Crippen LogP contribution in [0.25, 0.3) is 10.8 Å². The number of benzene rings is 3. The lowest BCUT2D eigenvalue weighted by molar-refractivity contribution is -0.122. The first kappa shape index (κ1) is 20.0. The summed E-state index contributed by atoms with van der Waals surface area (Å²) in [6.07, 6.45) is 0. The zero-order valence-electron chi connectivity index (χ0n) is 17.5. The normalized spacial score (nSPS) is 19.6. The number of amidine groups is 1. The summed E-state index contributed by atoms with van der Waals surface area (Å²) in [5, 5.41) is 3.86. The number of fused-ring (bicyclic) bond motifs is 2. The van der Waals surface area contributed by atoms with Crippen molar-refractivity contribution < 1.29 is 9.53 Å². The van der Waals surface area contributed by atoms with Crippen molar-refractivity contribution in [3.8, 4) is 5.75 Å². The molecule has 2 aliphatic heterocycles. The molecule has 0 bridgehead atoms. The first-order valence-electron chi connectivity index (χ1n) is 10.0. The number of ether oxygens (including phenoxy) is 1. The smallest absolute Gasteiger partial charge is 0.269 e. The van der Waals surface area contributed by atoms with Gasteiger partial charge in [-0.15, -0.1) is 0 Å². The molecule has 5 nitrogen and oxygen atoms in total. The Labute approximate surface area is 189 Å². The van der Waals surface area contributed by atoms with E-state index in [9.17, 15) is 4.79 Å². The monoisotopic (exact) mass is 447 g/mol. The molecule has 0 saturated carbocycles. The zero-order chi connectivity index (χ0) is 21.5. The van der Waals surface area contributed by atoms with E-state index in [2.05, 4.69) is 23.1 Å². The van der Waals surface area contributed by atoms with Gasteiger partial charge in [-0.3, -0.25) is 9.69 Å². The number of rotatable bonds is 3. The fraction of sp³-hybridized carbons (Fsp3) is 0.167. The third-order valence-electron chi connectivity index (χ3n) is 5.40. The first-order valence-corrected chi connectivity index (χ1v) is 11.6. The predicted molar refractivity (Wildman–Crippen MR) is 130 cm³/mol. The largest absolute Gasteiger partial charge is 0.497 e. The number of methoxy groups -OCH3 is 1. The van der Waals surface area contributed by atoms with Crippen LogP contribution in [0.5, 0.6) is 5.75 Å². The van der Waals surface area contributed by atoms with Crippen LogP contribution in [0.4, 0.5) is 11.4 Å². The molecule has 5 rings (SSSR count). The van der Waals surface area contributed by atoms with E-state index in [1.165, 1.54) is 11.8 Å². The predicted octanol–water partition coefficient (Wildman–Crippen LogP) is 5.84. The third kappa shape index (κ3) is 3.38. The summed E-state index contributed by atoms with van der Waals surface area (Å²) in [5.74, 6) is 0.803. The summed E-state index contributed by atoms with van der Waals surface area (Å²) in [5.41, 5.74) is 1.92. The molecule has 1 saturated heterocycles. The summed E-state index contributed by atoms with van der Waals surface area (Å²) in [4.78, 5) is 23.9. The molecule has 0 spiro atoms. The highest BCUT2D eigenvalue weighted by molar-refractivity contribution is 8.19. The van der Waals surface area contributed by atoms with Gasteiger partial charge in [0, 0.05) is 29.9 Å². The van der Waals surface area contributed by atoms with E-state index in [1.807, 2.05) is 56.4 Å². The molecular formula is C24H21N3O2S2. The van der Waals surface area contributed by atoms with Gasteiger partial charge in [-0.1, -0.05) is 48.2 Å². The quantitative estimate of drug-likeness (QED) is 0.472. The zero-order valence-corrected chi connectivity index (χ0v) is 19.1. The summed E-state index contributed by atoms with van der Waals surface area (Å²) in [6.45, 7) is 2.55. The summed E-state index contributed by atoms with van der Waals surface area (Å²) in [7, 11) is 3.65. The average Bonchev–Trinajstić information content (AvgIpc) is 3.29. The molecule has 2 aliphatic rings. The number of anilines is 1. The maximum absolute atomic E-state index is 13.3. The number of nitrogens with zero attached hydrogens (tertiary/aromatic N) is 3. The van der Waals surface area contributed by atoms with Crippen LogP contribution in [-0.2, 0) is 4.79 Å². The van der Waals surface area contributed by atoms with Gasteiger partial charge < -0.3 is 9.64 Å². The van der Waals surface area contributed by atoms with Crippen molar-refractivity contribution in [1.82, 2.24) is 4.90 Å². The van der Waals surface area contributed by atoms with Gasteiger partial charge in [-0.2, -0.15) is 0 Å². The lowest BCUT2D eigenvalue weighted by atomic mass is 10.1. The molecule has 1 fully saturated rings. The van der Waals surface area contributed by atoms with E-state index in [4.69, 9.17) is 9.73 Å². The topological polar surface area (TPSA) is 45.1 Å². The summed E-state index contributed by atoms with van der Waals surface area (Å²) >= 11 is 3.06. The Hall–Kier alpha value is -2.90. The van der Waals surface area contributed by atoms with Crippen LogP contribution in [-0.4, -0.2) is 36.7 Å². The van der Waals surface area contributed by atoms with E-state index in [-0.39, 0.29) is 5.91 Å². The van der Waals surface area contributed by atoms with Crippen LogP contribution in [0.15, 0.2) is 80.5 Å². The van der Waals surface area contributed by atoms with Crippen LogP contribution in [0.1, 0.15) is 6.92 Å². The fourth-order valence-electron chi connectivity index (χ4n) is 3.76. The molecule has 0 aromatic heterocycles. The molecule has 0 aliphatic carbocycles. The van der Waals surface area contributed by atoms with E-state index in [0.717, 1.165) is 37.8 Å². The number of aliphatic imine (C=N–C) groups is 1. The number of thioether (sulfide) groups is 2. The van der Waals surface area contributed by atoms with E-state index in [0.29, 0.717) is 16.6 Å². The molecule has 31 heavy (non-hydrogen) atoms. The Morgan fingerprint density at radius 1 is 1.03 bits per heavy atom. The molecule has 2 heterocycles. The fourth-order valence-corrected chi connectivity index (χ4v) is 6.14. The van der Waals surface area contributed by atoms with Crippen molar-refractivity contribution >= 4 is 56.7 Å². The van der Waals surface area contributed by atoms with Crippen molar-refractivity contribution in [3.05, 3.63) is 70.6 Å². The van der Waals surface area contributed by atoms with Crippen molar-refractivity contribution in [2.24, 2.45) is 4.99 Å². The number of hydrogen-bond donors (Lipinski definition) is 0. The number of carbonyl (C=O) groups is 1. The number of carbonyl (C=O) groups excluding carboxylic acids is 1. The maximum Gasteiger partial charge on any atom is 0.269 e. The second kappa shape index (κ2) is 7.98. The minimum atomic E-state index is 0.000563. The molecule has 0 radical (unpaired) electrons. The minimum Gasteiger partial charge on any atom is -0.497 e. The molecule has 1 amide bonds. The van der Waals surface area contributed by atoms with E-state index < -0.39 is 0 Å². The van der Waals surface area contributed by atoms with Crippen LogP contribution in [0.3, 0.4) is 0 Å². The molecule has 0 atom stereocenters. The van der Waals surface area contributed by atoms with Gasteiger partial charge in [0.1, 0.15) is 10.7 Å². The first-order chi connectivity index (χ1) is 15.1. The van der Waals surface area contributed by atoms with Crippen molar-refractivity contribution in [3.63, 3.8) is 0 Å². The standard InChI is InChI=1S/C24H21N3O2S2/c1-4-27-22(28)21(23-26(2)19-14-16(29-3)12-13-20(19)30-23)31-24(27)25-18-11-7-9-15-8-5-6-10-17(15)18/h5-14H,4H2,1-3H3/b23-21+,25-24?. The summed E-state index contributed by atoms with van der Waals surface area (Å²) in [6, 6.07) is 20.2. The van der Waals surface area contributed by atoms with Gasteiger partial charge in [-0.05, 0) is 42.3 Å². The van der Waals surface area contributed by atoms with Crippen molar-refractivity contribution in [2.45, 2.75) is 11.8 Å². The van der Waals surface area contributed by atoms with E-state index in [1.54, 1.807) is 23.8 Å². The third-order valence-corrected chi connectivity index (χ3v) is 7.83. The molecule has 7 heteroatoms. The lowest BCUT2D eigenvalue weighted by Gasteiger charge is -2.15. The van der Waals surface area contributed by atoms with Gasteiger partial charge in [0.15, 0.2) is 5.17 Å². The van der Waals surface area contributed by atoms with Gasteiger partial charge in [0.05, 0.1) is 23.5 Å². The molecule has 156 valence electrons. The molecular weight excluding hydrogens is 426 g/mol. The van der Waals surface area contributed by atoms with Gasteiger partial charge in [0.2, 0.25) is 0 Å².